The molecule has 0 heterocycles. The number of rotatable bonds is 5. The van der Waals surface area contributed by atoms with Crippen molar-refractivity contribution in [3.63, 3.8) is 0 Å². The van der Waals surface area contributed by atoms with Gasteiger partial charge in [-0.25, -0.2) is 4.79 Å². The Morgan fingerprint density at radius 2 is 1.60 bits per heavy atom. The van der Waals surface area contributed by atoms with Gasteiger partial charge >= 0.3 is 6.03 Å². The molecule has 0 atom stereocenters. The highest BCUT2D eigenvalue weighted by molar-refractivity contribution is 6.31. The summed E-state index contributed by atoms with van der Waals surface area (Å²) >= 11 is 5.82. The summed E-state index contributed by atoms with van der Waals surface area (Å²) in [5, 5.41) is 10.7. The zero-order valence-electron chi connectivity index (χ0n) is 13.4. The van der Waals surface area contributed by atoms with Gasteiger partial charge in [0.15, 0.2) is 0 Å². The Hall–Kier alpha value is -3.06. The standard InChI is InChI=1S/C17H17ClN4O3/c1-19-17(25)22-14-7-5-13(6-8-14)21-15(23)10-20-16(24)11-3-2-4-12(18)9-11/h2-9H,10H2,1H3,(H,20,24)(H,21,23)(H2,19,22,25). The molecule has 0 radical (unpaired) electrons. The second-order valence-corrected chi connectivity index (χ2v) is 5.46. The minimum atomic E-state index is -0.386. The molecule has 0 saturated carbocycles. The predicted octanol–water partition coefficient (Wildman–Crippen LogP) is 2.46. The van der Waals surface area contributed by atoms with Crippen LogP contribution in [0, 0.1) is 0 Å². The number of amides is 4. The Morgan fingerprint density at radius 3 is 2.20 bits per heavy atom. The van der Waals surface area contributed by atoms with Gasteiger partial charge < -0.3 is 21.3 Å². The number of carbonyl (C=O) groups excluding carboxylic acids is 3. The molecule has 0 saturated heterocycles. The first-order valence-corrected chi connectivity index (χ1v) is 7.78. The smallest absolute Gasteiger partial charge is 0.318 e. The van der Waals surface area contributed by atoms with Gasteiger partial charge in [-0.15, -0.1) is 0 Å². The third-order valence-corrected chi connectivity index (χ3v) is 3.38. The summed E-state index contributed by atoms with van der Waals surface area (Å²) in [7, 11) is 1.52. The van der Waals surface area contributed by atoms with E-state index in [4.69, 9.17) is 11.6 Å². The predicted molar refractivity (Wildman–Crippen MR) is 96.9 cm³/mol. The van der Waals surface area contributed by atoms with Gasteiger partial charge in [-0.2, -0.15) is 0 Å². The van der Waals surface area contributed by atoms with Gasteiger partial charge in [0.05, 0.1) is 6.54 Å². The van der Waals surface area contributed by atoms with Crippen molar-refractivity contribution in [2.75, 3.05) is 24.2 Å². The topological polar surface area (TPSA) is 99.3 Å². The highest BCUT2D eigenvalue weighted by Gasteiger charge is 2.09. The van der Waals surface area contributed by atoms with Crippen molar-refractivity contribution in [1.82, 2.24) is 10.6 Å². The second-order valence-electron chi connectivity index (χ2n) is 5.02. The summed E-state index contributed by atoms with van der Waals surface area (Å²) in [6.45, 7) is -0.177. The van der Waals surface area contributed by atoms with Crippen LogP contribution in [0.5, 0.6) is 0 Å². The Morgan fingerprint density at radius 1 is 0.960 bits per heavy atom. The molecule has 0 aliphatic carbocycles. The number of nitrogens with one attached hydrogen (secondary N) is 4. The lowest BCUT2D eigenvalue weighted by molar-refractivity contribution is -0.115. The van der Waals surface area contributed by atoms with E-state index >= 15 is 0 Å². The van der Waals surface area contributed by atoms with Gasteiger partial charge in [0.25, 0.3) is 5.91 Å². The van der Waals surface area contributed by atoms with Gasteiger partial charge in [0.2, 0.25) is 5.91 Å². The van der Waals surface area contributed by atoms with Crippen LogP contribution >= 0.6 is 11.6 Å². The summed E-state index contributed by atoms with van der Waals surface area (Å²) in [5.74, 6) is -0.759. The summed E-state index contributed by atoms with van der Waals surface area (Å²) in [6, 6.07) is 12.7. The van der Waals surface area contributed by atoms with Gasteiger partial charge in [-0.05, 0) is 42.5 Å². The van der Waals surface area contributed by atoms with Crippen molar-refractivity contribution in [2.24, 2.45) is 0 Å². The Balaban J connectivity index is 1.83. The summed E-state index contributed by atoms with van der Waals surface area (Å²) in [5.41, 5.74) is 1.51. The molecule has 0 aliphatic heterocycles. The van der Waals surface area contributed by atoms with Crippen LogP contribution in [0.4, 0.5) is 16.2 Å². The monoisotopic (exact) mass is 360 g/mol. The first kappa shape index (κ1) is 18.3. The number of carbonyl (C=O) groups is 3. The molecule has 130 valence electrons. The lowest BCUT2D eigenvalue weighted by atomic mass is 10.2. The average Bonchev–Trinajstić information content (AvgIpc) is 2.61. The van der Waals surface area contributed by atoms with Gasteiger partial charge in [0, 0.05) is 29.0 Å². The van der Waals surface area contributed by atoms with E-state index in [0.717, 1.165) is 0 Å². The summed E-state index contributed by atoms with van der Waals surface area (Å²) < 4.78 is 0. The van der Waals surface area contributed by atoms with Crippen LogP contribution in [-0.4, -0.2) is 31.4 Å². The third-order valence-electron chi connectivity index (χ3n) is 3.15. The zero-order chi connectivity index (χ0) is 18.2. The van der Waals surface area contributed by atoms with Gasteiger partial charge in [-0.3, -0.25) is 9.59 Å². The molecule has 2 rings (SSSR count). The van der Waals surface area contributed by atoms with Gasteiger partial charge in [-0.1, -0.05) is 17.7 Å². The van der Waals surface area contributed by atoms with Crippen molar-refractivity contribution in [3.05, 3.63) is 59.1 Å². The number of anilines is 2. The van der Waals surface area contributed by atoms with E-state index in [0.29, 0.717) is 22.0 Å². The fourth-order valence-corrected chi connectivity index (χ4v) is 2.12. The Kier molecular flexibility index (Phi) is 6.36. The molecule has 2 aromatic carbocycles. The van der Waals surface area contributed by atoms with E-state index in [1.165, 1.54) is 13.1 Å². The van der Waals surface area contributed by atoms with Crippen molar-refractivity contribution in [3.8, 4) is 0 Å². The van der Waals surface area contributed by atoms with Crippen molar-refractivity contribution in [2.45, 2.75) is 0 Å². The number of hydrogen-bond donors (Lipinski definition) is 4. The normalized spacial score (nSPS) is 9.84. The van der Waals surface area contributed by atoms with E-state index in [2.05, 4.69) is 21.3 Å². The molecule has 0 bridgehead atoms. The fourth-order valence-electron chi connectivity index (χ4n) is 1.93. The molecule has 4 amide bonds. The molecular formula is C17H17ClN4O3. The second kappa shape index (κ2) is 8.70. The van der Waals surface area contributed by atoms with E-state index in [-0.39, 0.29) is 24.4 Å². The minimum Gasteiger partial charge on any atom is -0.343 e. The number of urea groups is 1. The Bertz CT molecular complexity index is 778. The van der Waals surface area contributed by atoms with Crippen LogP contribution in [0.15, 0.2) is 48.5 Å². The largest absolute Gasteiger partial charge is 0.343 e. The zero-order valence-corrected chi connectivity index (χ0v) is 14.2. The van der Waals surface area contributed by atoms with Crippen molar-refractivity contribution in [1.29, 1.82) is 0 Å². The SMILES string of the molecule is CNC(=O)Nc1ccc(NC(=O)CNC(=O)c2cccc(Cl)c2)cc1. The maximum atomic E-state index is 11.9. The molecule has 0 spiro atoms. The first-order chi connectivity index (χ1) is 12.0. The maximum Gasteiger partial charge on any atom is 0.318 e. The number of halogens is 1. The highest BCUT2D eigenvalue weighted by Crippen LogP contribution is 2.13. The summed E-state index contributed by atoms with van der Waals surface area (Å²) in [6.07, 6.45) is 0. The third kappa shape index (κ3) is 5.82. The molecule has 25 heavy (non-hydrogen) atoms. The van der Waals surface area contributed by atoms with E-state index in [1.807, 2.05) is 0 Å². The maximum absolute atomic E-state index is 11.9. The number of hydrogen-bond acceptors (Lipinski definition) is 3. The fraction of sp³-hybridized carbons (Fsp3) is 0.118. The molecule has 4 N–H and O–H groups in total. The van der Waals surface area contributed by atoms with Crippen molar-refractivity contribution < 1.29 is 14.4 Å². The quantitative estimate of drug-likeness (QED) is 0.659. The van der Waals surface area contributed by atoms with Crippen LogP contribution in [0.1, 0.15) is 10.4 Å². The first-order valence-electron chi connectivity index (χ1n) is 7.40. The van der Waals surface area contributed by atoms with E-state index < -0.39 is 0 Å². The molecular weight excluding hydrogens is 344 g/mol. The average molecular weight is 361 g/mol. The van der Waals surface area contributed by atoms with E-state index in [1.54, 1.807) is 42.5 Å². The van der Waals surface area contributed by atoms with Gasteiger partial charge in [0.1, 0.15) is 0 Å². The van der Waals surface area contributed by atoms with Crippen LogP contribution < -0.4 is 21.3 Å². The lowest BCUT2D eigenvalue weighted by Crippen LogP contribution is -2.32. The van der Waals surface area contributed by atoms with Crippen LogP contribution in [0.3, 0.4) is 0 Å². The Labute approximate surface area is 149 Å². The molecule has 0 aromatic heterocycles. The summed E-state index contributed by atoms with van der Waals surface area (Å²) in [4.78, 5) is 35.0. The lowest BCUT2D eigenvalue weighted by Gasteiger charge is -2.09. The molecule has 0 aliphatic rings. The number of benzene rings is 2. The molecule has 0 unspecified atom stereocenters. The highest BCUT2D eigenvalue weighted by atomic mass is 35.5. The molecule has 7 nitrogen and oxygen atoms in total. The molecule has 0 fully saturated rings. The molecule has 2 aromatic rings. The minimum absolute atomic E-state index is 0.177. The van der Waals surface area contributed by atoms with E-state index in [9.17, 15) is 14.4 Å². The molecule has 8 heteroatoms. The van der Waals surface area contributed by atoms with Crippen LogP contribution in [0.2, 0.25) is 5.02 Å². The van der Waals surface area contributed by atoms with Crippen LogP contribution in [-0.2, 0) is 4.79 Å². The van der Waals surface area contributed by atoms with Crippen LogP contribution in [0.25, 0.3) is 0 Å². The van der Waals surface area contributed by atoms with Crippen molar-refractivity contribution >= 4 is 40.8 Å².